The molecular formula is C13H24O3. The molecule has 0 aliphatic heterocycles. The molecule has 3 nitrogen and oxygen atoms in total. The summed E-state index contributed by atoms with van der Waals surface area (Å²) < 4.78 is 5.20. The first-order valence-corrected chi connectivity index (χ1v) is 6.60. The van der Waals surface area contributed by atoms with Gasteiger partial charge in [-0.2, -0.15) is 0 Å². The number of hydrogen-bond acceptors (Lipinski definition) is 3. The summed E-state index contributed by atoms with van der Waals surface area (Å²) in [5.41, 5.74) is 0. The van der Waals surface area contributed by atoms with Gasteiger partial charge in [0.05, 0.1) is 18.6 Å². The van der Waals surface area contributed by atoms with Gasteiger partial charge in [-0.1, -0.05) is 39.0 Å². The van der Waals surface area contributed by atoms with Crippen molar-refractivity contribution in [3.63, 3.8) is 0 Å². The molecule has 0 amide bonds. The Labute approximate surface area is 98.2 Å². The van der Waals surface area contributed by atoms with Crippen LogP contribution >= 0.6 is 0 Å². The van der Waals surface area contributed by atoms with Crippen molar-refractivity contribution in [1.82, 2.24) is 0 Å². The fourth-order valence-electron chi connectivity index (χ4n) is 2.19. The lowest BCUT2D eigenvalue weighted by molar-refractivity contribution is -0.154. The van der Waals surface area contributed by atoms with E-state index in [-0.39, 0.29) is 11.9 Å². The zero-order valence-corrected chi connectivity index (χ0v) is 10.3. The highest BCUT2D eigenvalue weighted by Crippen LogP contribution is 2.25. The zero-order valence-electron chi connectivity index (χ0n) is 10.3. The molecule has 0 heterocycles. The summed E-state index contributed by atoms with van der Waals surface area (Å²) in [4.78, 5) is 11.7. The second-order valence-corrected chi connectivity index (χ2v) is 4.69. The molecule has 2 unspecified atom stereocenters. The Bertz CT molecular complexity index is 203. The summed E-state index contributed by atoms with van der Waals surface area (Å²) in [5.74, 6) is -0.455. The summed E-state index contributed by atoms with van der Waals surface area (Å²) >= 11 is 0. The summed E-state index contributed by atoms with van der Waals surface area (Å²) in [6, 6.07) is 0. The van der Waals surface area contributed by atoms with E-state index in [1.54, 1.807) is 0 Å². The van der Waals surface area contributed by atoms with Gasteiger partial charge in [-0.25, -0.2) is 0 Å². The van der Waals surface area contributed by atoms with E-state index in [4.69, 9.17) is 4.74 Å². The fourth-order valence-corrected chi connectivity index (χ4v) is 2.19. The maximum atomic E-state index is 11.7. The lowest BCUT2D eigenvalue weighted by Crippen LogP contribution is -2.32. The smallest absolute Gasteiger partial charge is 0.311 e. The molecule has 1 N–H and O–H groups in total. The van der Waals surface area contributed by atoms with Gasteiger partial charge in [0.2, 0.25) is 0 Å². The third-order valence-electron chi connectivity index (χ3n) is 3.27. The lowest BCUT2D eigenvalue weighted by atomic mass is 9.87. The maximum absolute atomic E-state index is 11.7. The number of carbonyl (C=O) groups is 1. The van der Waals surface area contributed by atoms with Gasteiger partial charge in [0.1, 0.15) is 0 Å². The van der Waals surface area contributed by atoms with Crippen LogP contribution < -0.4 is 0 Å². The minimum absolute atomic E-state index is 0.191. The van der Waals surface area contributed by atoms with Gasteiger partial charge >= 0.3 is 5.97 Å². The van der Waals surface area contributed by atoms with E-state index in [1.165, 1.54) is 12.8 Å². The largest absolute Gasteiger partial charge is 0.465 e. The number of carbonyl (C=O) groups excluding carboxylic acids is 1. The van der Waals surface area contributed by atoms with Crippen LogP contribution in [0.1, 0.15) is 58.3 Å². The van der Waals surface area contributed by atoms with Gasteiger partial charge in [-0.3, -0.25) is 4.79 Å². The fraction of sp³-hybridized carbons (Fsp3) is 0.923. The Hall–Kier alpha value is -0.570. The summed E-state index contributed by atoms with van der Waals surface area (Å²) in [6.07, 6.45) is 7.58. The highest BCUT2D eigenvalue weighted by molar-refractivity contribution is 5.73. The summed E-state index contributed by atoms with van der Waals surface area (Å²) in [5, 5.41) is 9.68. The van der Waals surface area contributed by atoms with Crippen LogP contribution in [0.5, 0.6) is 0 Å². The number of aliphatic hydroxyl groups is 1. The molecule has 0 aromatic rings. The molecule has 2 atom stereocenters. The normalized spacial score (nSPS) is 25.4. The third kappa shape index (κ3) is 4.52. The first-order valence-electron chi connectivity index (χ1n) is 6.60. The van der Waals surface area contributed by atoms with E-state index in [0.29, 0.717) is 6.61 Å². The minimum Gasteiger partial charge on any atom is -0.465 e. The van der Waals surface area contributed by atoms with Crippen LogP contribution in [0.4, 0.5) is 0 Å². The monoisotopic (exact) mass is 228 g/mol. The predicted octanol–water partition coefficient (Wildman–Crippen LogP) is 2.66. The van der Waals surface area contributed by atoms with Crippen molar-refractivity contribution in [3.05, 3.63) is 0 Å². The highest BCUT2D eigenvalue weighted by Gasteiger charge is 2.30. The van der Waals surface area contributed by atoms with Crippen molar-refractivity contribution >= 4 is 5.97 Å². The molecule has 1 rings (SSSR count). The Kier molecular flexibility index (Phi) is 6.46. The van der Waals surface area contributed by atoms with E-state index in [0.717, 1.165) is 38.5 Å². The summed E-state index contributed by atoms with van der Waals surface area (Å²) in [7, 11) is 0. The second-order valence-electron chi connectivity index (χ2n) is 4.69. The number of hydrogen-bond donors (Lipinski definition) is 1. The van der Waals surface area contributed by atoms with Gasteiger partial charge in [0, 0.05) is 0 Å². The van der Waals surface area contributed by atoms with Crippen LogP contribution in [0.2, 0.25) is 0 Å². The molecule has 0 aromatic carbocycles. The molecule has 0 radical (unpaired) electrons. The van der Waals surface area contributed by atoms with Gasteiger partial charge in [-0.15, -0.1) is 0 Å². The SMILES string of the molecule is CCCCCCOC(=O)C1CCCCC1O. The van der Waals surface area contributed by atoms with Crippen LogP contribution in [-0.2, 0) is 9.53 Å². The number of aliphatic hydroxyl groups excluding tert-OH is 1. The molecular weight excluding hydrogens is 204 g/mol. The van der Waals surface area contributed by atoms with E-state index >= 15 is 0 Å². The molecule has 1 saturated carbocycles. The van der Waals surface area contributed by atoms with Crippen LogP contribution in [0.25, 0.3) is 0 Å². The standard InChI is InChI=1S/C13H24O3/c1-2-3-4-7-10-16-13(15)11-8-5-6-9-12(11)14/h11-12,14H,2-10H2,1H3. The van der Waals surface area contributed by atoms with E-state index in [9.17, 15) is 9.90 Å². The number of rotatable bonds is 6. The molecule has 1 aliphatic carbocycles. The van der Waals surface area contributed by atoms with E-state index < -0.39 is 6.10 Å². The van der Waals surface area contributed by atoms with E-state index in [1.807, 2.05) is 0 Å². The highest BCUT2D eigenvalue weighted by atomic mass is 16.5. The topological polar surface area (TPSA) is 46.5 Å². The average molecular weight is 228 g/mol. The Morgan fingerprint density at radius 1 is 1.25 bits per heavy atom. The quantitative estimate of drug-likeness (QED) is 0.561. The van der Waals surface area contributed by atoms with Crippen molar-refractivity contribution in [2.24, 2.45) is 5.92 Å². The Morgan fingerprint density at radius 2 is 2.00 bits per heavy atom. The molecule has 3 heteroatoms. The molecule has 0 bridgehead atoms. The van der Waals surface area contributed by atoms with Crippen LogP contribution in [0.3, 0.4) is 0 Å². The molecule has 16 heavy (non-hydrogen) atoms. The first kappa shape index (κ1) is 13.5. The Balaban J connectivity index is 2.13. The van der Waals surface area contributed by atoms with Crippen LogP contribution in [0.15, 0.2) is 0 Å². The maximum Gasteiger partial charge on any atom is 0.311 e. The third-order valence-corrected chi connectivity index (χ3v) is 3.27. The van der Waals surface area contributed by atoms with E-state index in [2.05, 4.69) is 6.92 Å². The van der Waals surface area contributed by atoms with Crippen LogP contribution in [-0.4, -0.2) is 23.8 Å². The number of esters is 1. The first-order chi connectivity index (χ1) is 7.75. The van der Waals surface area contributed by atoms with Gasteiger partial charge in [0.15, 0.2) is 0 Å². The van der Waals surface area contributed by atoms with Crippen molar-refractivity contribution in [2.75, 3.05) is 6.61 Å². The zero-order chi connectivity index (χ0) is 11.8. The van der Waals surface area contributed by atoms with Gasteiger partial charge < -0.3 is 9.84 Å². The van der Waals surface area contributed by atoms with Gasteiger partial charge in [-0.05, 0) is 19.3 Å². The number of unbranched alkanes of at least 4 members (excludes halogenated alkanes) is 3. The van der Waals surface area contributed by atoms with Crippen molar-refractivity contribution in [3.8, 4) is 0 Å². The molecule has 0 aromatic heterocycles. The summed E-state index contributed by atoms with van der Waals surface area (Å²) in [6.45, 7) is 2.67. The Morgan fingerprint density at radius 3 is 2.69 bits per heavy atom. The van der Waals surface area contributed by atoms with Gasteiger partial charge in [0.25, 0.3) is 0 Å². The molecule has 0 saturated heterocycles. The van der Waals surface area contributed by atoms with Crippen molar-refractivity contribution in [1.29, 1.82) is 0 Å². The molecule has 1 aliphatic rings. The van der Waals surface area contributed by atoms with Crippen LogP contribution in [0, 0.1) is 5.92 Å². The minimum atomic E-state index is -0.475. The molecule has 0 spiro atoms. The number of ether oxygens (including phenoxy) is 1. The molecule has 1 fully saturated rings. The average Bonchev–Trinajstić information content (AvgIpc) is 2.29. The van der Waals surface area contributed by atoms with Crippen molar-refractivity contribution < 1.29 is 14.6 Å². The lowest BCUT2D eigenvalue weighted by Gasteiger charge is -2.25. The predicted molar refractivity (Wildman–Crippen MR) is 63.1 cm³/mol. The molecule has 94 valence electrons. The second kappa shape index (κ2) is 7.66. The van der Waals surface area contributed by atoms with Crippen molar-refractivity contribution in [2.45, 2.75) is 64.4 Å².